The van der Waals surface area contributed by atoms with Crippen molar-refractivity contribution in [1.82, 2.24) is 4.90 Å². The number of benzene rings is 2. The lowest BCUT2D eigenvalue weighted by atomic mass is 9.95. The Morgan fingerprint density at radius 1 is 1.12 bits per heavy atom. The summed E-state index contributed by atoms with van der Waals surface area (Å²) >= 11 is 5.03. The van der Waals surface area contributed by atoms with Gasteiger partial charge >= 0.3 is 0 Å². The van der Waals surface area contributed by atoms with E-state index in [0.717, 1.165) is 15.1 Å². The van der Waals surface area contributed by atoms with Crippen LogP contribution in [0.15, 0.2) is 57.9 Å². The van der Waals surface area contributed by atoms with E-state index >= 15 is 0 Å². The standard InChI is InChI=1S/C20H21BrN2O2S/c1-26-18-4-2-3-17(13-18)22-19(24)14-9-11-23(12-10-14)20(25)15-5-7-16(21)8-6-15/h2-8,13-14H,9-12H2,1H3,(H,22,24). The topological polar surface area (TPSA) is 49.4 Å². The third-order valence-corrected chi connectivity index (χ3v) is 5.84. The molecule has 136 valence electrons. The molecule has 0 bridgehead atoms. The van der Waals surface area contributed by atoms with Gasteiger partial charge in [-0.3, -0.25) is 9.59 Å². The summed E-state index contributed by atoms with van der Waals surface area (Å²) in [5.41, 5.74) is 1.51. The summed E-state index contributed by atoms with van der Waals surface area (Å²) < 4.78 is 0.954. The molecule has 1 heterocycles. The molecule has 0 radical (unpaired) electrons. The number of anilines is 1. The highest BCUT2D eigenvalue weighted by Crippen LogP contribution is 2.23. The highest BCUT2D eigenvalue weighted by molar-refractivity contribution is 9.10. The van der Waals surface area contributed by atoms with Crippen LogP contribution >= 0.6 is 27.7 Å². The van der Waals surface area contributed by atoms with E-state index in [0.29, 0.717) is 31.5 Å². The van der Waals surface area contributed by atoms with E-state index < -0.39 is 0 Å². The Balaban J connectivity index is 1.55. The van der Waals surface area contributed by atoms with Gasteiger partial charge in [0.15, 0.2) is 0 Å². The van der Waals surface area contributed by atoms with E-state index in [1.165, 1.54) is 0 Å². The molecule has 0 aliphatic carbocycles. The molecule has 0 aromatic heterocycles. The summed E-state index contributed by atoms with van der Waals surface area (Å²) in [6.45, 7) is 1.22. The number of amides is 2. The van der Waals surface area contributed by atoms with Gasteiger partial charge in [0.25, 0.3) is 5.91 Å². The lowest BCUT2D eigenvalue weighted by Gasteiger charge is -2.31. The van der Waals surface area contributed by atoms with Gasteiger partial charge in [-0.1, -0.05) is 22.0 Å². The third-order valence-electron chi connectivity index (χ3n) is 4.58. The van der Waals surface area contributed by atoms with Crippen LogP contribution in [0.4, 0.5) is 5.69 Å². The van der Waals surface area contributed by atoms with Gasteiger partial charge in [-0.2, -0.15) is 0 Å². The van der Waals surface area contributed by atoms with E-state index in [1.807, 2.05) is 59.7 Å². The van der Waals surface area contributed by atoms with E-state index in [4.69, 9.17) is 0 Å². The predicted octanol–water partition coefficient (Wildman–Crippen LogP) is 4.66. The summed E-state index contributed by atoms with van der Waals surface area (Å²) in [5.74, 6) is 0.0185. The fourth-order valence-corrected chi connectivity index (χ4v) is 3.79. The Hall–Kier alpha value is -1.79. The van der Waals surface area contributed by atoms with E-state index in [9.17, 15) is 9.59 Å². The van der Waals surface area contributed by atoms with Crippen LogP contribution in [-0.4, -0.2) is 36.1 Å². The van der Waals surface area contributed by atoms with Crippen LogP contribution in [0.5, 0.6) is 0 Å². The van der Waals surface area contributed by atoms with E-state index in [2.05, 4.69) is 21.2 Å². The number of likely N-dealkylation sites (tertiary alicyclic amines) is 1. The second kappa shape index (κ2) is 8.73. The zero-order valence-electron chi connectivity index (χ0n) is 14.6. The molecule has 1 aliphatic heterocycles. The maximum absolute atomic E-state index is 12.6. The Bertz CT molecular complexity index is 787. The number of nitrogens with one attached hydrogen (secondary N) is 1. The maximum Gasteiger partial charge on any atom is 0.253 e. The van der Waals surface area contributed by atoms with Crippen LogP contribution in [0.2, 0.25) is 0 Å². The fraction of sp³-hybridized carbons (Fsp3) is 0.300. The second-order valence-corrected chi connectivity index (χ2v) is 8.09. The average Bonchev–Trinajstić information content (AvgIpc) is 2.68. The van der Waals surface area contributed by atoms with Gasteiger partial charge in [0, 0.05) is 39.6 Å². The van der Waals surface area contributed by atoms with Crippen LogP contribution < -0.4 is 5.32 Å². The summed E-state index contributed by atoms with van der Waals surface area (Å²) in [7, 11) is 0. The Morgan fingerprint density at radius 3 is 2.46 bits per heavy atom. The van der Waals surface area contributed by atoms with Crippen molar-refractivity contribution in [3.63, 3.8) is 0 Å². The van der Waals surface area contributed by atoms with Crippen LogP contribution in [0.3, 0.4) is 0 Å². The number of nitrogens with zero attached hydrogens (tertiary/aromatic N) is 1. The molecular formula is C20H21BrN2O2S. The molecule has 3 rings (SSSR count). The molecule has 1 fully saturated rings. The quantitative estimate of drug-likeness (QED) is 0.714. The lowest BCUT2D eigenvalue weighted by molar-refractivity contribution is -0.121. The predicted molar refractivity (Wildman–Crippen MR) is 110 cm³/mol. The molecule has 1 aliphatic rings. The summed E-state index contributed by atoms with van der Waals surface area (Å²) in [5, 5.41) is 3.01. The van der Waals surface area contributed by atoms with Crippen molar-refractivity contribution >= 4 is 45.2 Å². The number of carbonyl (C=O) groups excluding carboxylic acids is 2. The number of piperidine rings is 1. The Kier molecular flexibility index (Phi) is 6.38. The van der Waals surface area contributed by atoms with Crippen LogP contribution in [0, 0.1) is 5.92 Å². The number of rotatable bonds is 4. The highest BCUT2D eigenvalue weighted by atomic mass is 79.9. The number of carbonyl (C=O) groups is 2. The van der Waals surface area contributed by atoms with Crippen molar-refractivity contribution in [1.29, 1.82) is 0 Å². The average molecular weight is 433 g/mol. The van der Waals surface area contributed by atoms with Gasteiger partial charge in [-0.15, -0.1) is 11.8 Å². The van der Waals surface area contributed by atoms with Gasteiger partial charge in [-0.25, -0.2) is 0 Å². The summed E-state index contributed by atoms with van der Waals surface area (Å²) in [6.07, 6.45) is 3.39. The molecule has 26 heavy (non-hydrogen) atoms. The Morgan fingerprint density at radius 2 is 1.81 bits per heavy atom. The van der Waals surface area contributed by atoms with Crippen molar-refractivity contribution in [3.05, 3.63) is 58.6 Å². The van der Waals surface area contributed by atoms with E-state index in [1.54, 1.807) is 11.8 Å². The fourth-order valence-electron chi connectivity index (χ4n) is 3.06. The number of hydrogen-bond donors (Lipinski definition) is 1. The molecule has 4 nitrogen and oxygen atoms in total. The van der Waals surface area contributed by atoms with Crippen molar-refractivity contribution in [2.75, 3.05) is 24.7 Å². The molecule has 0 spiro atoms. The van der Waals surface area contributed by atoms with Crippen LogP contribution in [0.1, 0.15) is 23.2 Å². The molecule has 1 N–H and O–H groups in total. The van der Waals surface area contributed by atoms with Gasteiger partial charge in [0.05, 0.1) is 0 Å². The SMILES string of the molecule is CSc1cccc(NC(=O)C2CCN(C(=O)c3ccc(Br)cc3)CC2)c1. The normalized spacial score (nSPS) is 14.9. The molecule has 0 atom stereocenters. The van der Waals surface area contributed by atoms with Crippen molar-refractivity contribution in [2.24, 2.45) is 5.92 Å². The summed E-state index contributed by atoms with van der Waals surface area (Å²) in [6, 6.07) is 15.2. The zero-order valence-corrected chi connectivity index (χ0v) is 17.0. The number of hydrogen-bond acceptors (Lipinski definition) is 3. The third kappa shape index (κ3) is 4.68. The monoisotopic (exact) mass is 432 g/mol. The molecule has 0 unspecified atom stereocenters. The number of halogens is 1. The smallest absolute Gasteiger partial charge is 0.253 e. The molecule has 2 aromatic rings. The second-order valence-electron chi connectivity index (χ2n) is 6.29. The van der Waals surface area contributed by atoms with Gasteiger partial charge in [0.2, 0.25) is 5.91 Å². The minimum Gasteiger partial charge on any atom is -0.339 e. The first-order chi connectivity index (χ1) is 12.6. The van der Waals surface area contributed by atoms with Crippen molar-refractivity contribution in [3.8, 4) is 0 Å². The Labute approximate surface area is 166 Å². The molecule has 1 saturated heterocycles. The largest absolute Gasteiger partial charge is 0.339 e. The van der Waals surface area contributed by atoms with Crippen molar-refractivity contribution in [2.45, 2.75) is 17.7 Å². The van der Waals surface area contributed by atoms with Gasteiger partial charge in [-0.05, 0) is 61.6 Å². The summed E-state index contributed by atoms with van der Waals surface area (Å²) in [4.78, 5) is 28.0. The molecule has 0 saturated carbocycles. The van der Waals surface area contributed by atoms with Crippen LogP contribution in [-0.2, 0) is 4.79 Å². The first-order valence-corrected chi connectivity index (χ1v) is 10.6. The number of thioether (sulfide) groups is 1. The molecule has 2 amide bonds. The van der Waals surface area contributed by atoms with E-state index in [-0.39, 0.29) is 17.7 Å². The molecule has 2 aromatic carbocycles. The molecular weight excluding hydrogens is 412 g/mol. The van der Waals surface area contributed by atoms with Gasteiger partial charge < -0.3 is 10.2 Å². The first kappa shape index (κ1) is 19.0. The van der Waals surface area contributed by atoms with Crippen molar-refractivity contribution < 1.29 is 9.59 Å². The maximum atomic E-state index is 12.6. The minimum absolute atomic E-state index is 0.0315. The minimum atomic E-state index is -0.0538. The highest BCUT2D eigenvalue weighted by Gasteiger charge is 2.27. The van der Waals surface area contributed by atoms with Crippen LogP contribution in [0.25, 0.3) is 0 Å². The first-order valence-electron chi connectivity index (χ1n) is 8.56. The van der Waals surface area contributed by atoms with Gasteiger partial charge in [0.1, 0.15) is 0 Å². The zero-order chi connectivity index (χ0) is 18.5. The lowest BCUT2D eigenvalue weighted by Crippen LogP contribution is -2.41. The molecule has 6 heteroatoms.